The third kappa shape index (κ3) is 7.58. The summed E-state index contributed by atoms with van der Waals surface area (Å²) in [6.45, 7) is 7.41. The predicted octanol–water partition coefficient (Wildman–Crippen LogP) is 3.06. The minimum Gasteiger partial charge on any atom is -0.483 e. The first kappa shape index (κ1) is 20.3. The first-order chi connectivity index (χ1) is 11.8. The van der Waals surface area contributed by atoms with Crippen molar-refractivity contribution in [2.75, 3.05) is 6.61 Å². The quantitative estimate of drug-likeness (QED) is 0.406. The van der Waals surface area contributed by atoms with Crippen LogP contribution in [0.25, 0.3) is 10.4 Å². The molecule has 1 aromatic rings. The van der Waals surface area contributed by atoms with Crippen LogP contribution in [0.5, 0.6) is 5.75 Å². The van der Waals surface area contributed by atoms with E-state index >= 15 is 0 Å². The molecule has 2 N–H and O–H groups in total. The van der Waals surface area contributed by atoms with Crippen molar-refractivity contribution in [3.05, 3.63) is 34.7 Å². The van der Waals surface area contributed by atoms with E-state index in [1.54, 1.807) is 24.3 Å². The van der Waals surface area contributed by atoms with Gasteiger partial charge in [-0.15, -0.1) is 0 Å². The highest BCUT2D eigenvalue weighted by molar-refractivity contribution is 5.88. The fourth-order valence-corrected chi connectivity index (χ4v) is 2.18. The van der Waals surface area contributed by atoms with Crippen molar-refractivity contribution in [3.63, 3.8) is 0 Å². The maximum absolute atomic E-state index is 12.2. The molecular weight excluding hydrogens is 322 g/mol. The van der Waals surface area contributed by atoms with Gasteiger partial charge in [-0.2, -0.15) is 0 Å². The number of para-hydroxylation sites is 1. The Hall–Kier alpha value is -2.73. The Kier molecular flexibility index (Phi) is 8.29. The van der Waals surface area contributed by atoms with Crippen molar-refractivity contribution in [1.82, 2.24) is 10.6 Å². The molecule has 0 aliphatic heterocycles. The summed E-state index contributed by atoms with van der Waals surface area (Å²) < 4.78 is 5.41. The number of rotatable bonds is 9. The highest BCUT2D eigenvalue weighted by Crippen LogP contribution is 2.26. The number of nitrogens with zero attached hydrogens (tertiary/aromatic N) is 3. The van der Waals surface area contributed by atoms with Gasteiger partial charge < -0.3 is 15.4 Å². The SMILES string of the molecule is CC(C)C[C@H](NC(=O)COc1ccccc1N=[N+]=[N-])C(=O)NC(C)C. The average Bonchev–Trinajstić information content (AvgIpc) is 2.52. The van der Waals surface area contributed by atoms with Crippen LogP contribution in [0.3, 0.4) is 0 Å². The second-order valence-electron chi connectivity index (χ2n) is 6.36. The number of ether oxygens (including phenoxy) is 1. The molecule has 0 aliphatic carbocycles. The zero-order chi connectivity index (χ0) is 18.8. The molecule has 1 rings (SSSR count). The molecule has 2 amide bonds. The second kappa shape index (κ2) is 10.2. The Morgan fingerprint density at radius 1 is 1.20 bits per heavy atom. The molecule has 25 heavy (non-hydrogen) atoms. The van der Waals surface area contributed by atoms with E-state index in [4.69, 9.17) is 10.3 Å². The summed E-state index contributed by atoms with van der Waals surface area (Å²) >= 11 is 0. The van der Waals surface area contributed by atoms with Crippen LogP contribution in [0.1, 0.15) is 34.1 Å². The molecular formula is C17H25N5O3. The van der Waals surface area contributed by atoms with Crippen LogP contribution in [0.15, 0.2) is 29.4 Å². The van der Waals surface area contributed by atoms with Crippen molar-refractivity contribution >= 4 is 17.5 Å². The Bertz CT molecular complexity index is 639. The number of hydrogen-bond acceptors (Lipinski definition) is 4. The number of benzene rings is 1. The lowest BCUT2D eigenvalue weighted by Crippen LogP contribution is -2.50. The molecule has 1 atom stereocenters. The molecule has 0 saturated carbocycles. The van der Waals surface area contributed by atoms with Gasteiger partial charge in [-0.25, -0.2) is 0 Å². The number of hydrogen-bond donors (Lipinski definition) is 2. The van der Waals surface area contributed by atoms with Crippen molar-refractivity contribution in [3.8, 4) is 5.75 Å². The van der Waals surface area contributed by atoms with Gasteiger partial charge in [0, 0.05) is 11.0 Å². The Labute approximate surface area is 147 Å². The van der Waals surface area contributed by atoms with Crippen LogP contribution in [0.4, 0.5) is 5.69 Å². The molecule has 1 aromatic carbocycles. The predicted molar refractivity (Wildman–Crippen MR) is 95.4 cm³/mol. The highest BCUT2D eigenvalue weighted by Gasteiger charge is 2.22. The van der Waals surface area contributed by atoms with E-state index in [1.807, 2.05) is 27.7 Å². The van der Waals surface area contributed by atoms with Crippen molar-refractivity contribution in [1.29, 1.82) is 0 Å². The maximum Gasteiger partial charge on any atom is 0.258 e. The number of carbonyl (C=O) groups is 2. The summed E-state index contributed by atoms with van der Waals surface area (Å²) in [5, 5.41) is 9.00. The molecule has 0 fully saturated rings. The van der Waals surface area contributed by atoms with E-state index in [2.05, 4.69) is 20.7 Å². The topological polar surface area (TPSA) is 116 Å². The lowest BCUT2D eigenvalue weighted by Gasteiger charge is -2.21. The molecule has 0 heterocycles. The first-order valence-corrected chi connectivity index (χ1v) is 8.20. The summed E-state index contributed by atoms with van der Waals surface area (Å²) in [6.07, 6.45) is 0.527. The molecule has 8 nitrogen and oxygen atoms in total. The van der Waals surface area contributed by atoms with E-state index in [9.17, 15) is 9.59 Å². The van der Waals surface area contributed by atoms with Crippen molar-refractivity contribution in [2.45, 2.75) is 46.2 Å². The maximum atomic E-state index is 12.2. The normalized spacial score (nSPS) is 11.6. The molecule has 0 unspecified atom stereocenters. The molecule has 0 bridgehead atoms. The number of azide groups is 1. The lowest BCUT2D eigenvalue weighted by molar-refractivity contribution is -0.130. The standard InChI is InChI=1S/C17H25N5O3/c1-11(2)9-14(17(24)19-12(3)4)20-16(23)10-25-15-8-6-5-7-13(15)21-22-18/h5-8,11-12,14H,9-10H2,1-4H3,(H,19,24)(H,20,23)/t14-/m0/s1. The van der Waals surface area contributed by atoms with E-state index in [1.165, 1.54) is 0 Å². The molecule has 0 spiro atoms. The van der Waals surface area contributed by atoms with Crippen LogP contribution < -0.4 is 15.4 Å². The van der Waals surface area contributed by atoms with Gasteiger partial charge in [0.2, 0.25) is 5.91 Å². The van der Waals surface area contributed by atoms with Crippen LogP contribution in [-0.4, -0.2) is 30.5 Å². The monoisotopic (exact) mass is 347 g/mol. The van der Waals surface area contributed by atoms with E-state index in [0.29, 0.717) is 17.9 Å². The first-order valence-electron chi connectivity index (χ1n) is 8.20. The largest absolute Gasteiger partial charge is 0.483 e. The molecule has 8 heteroatoms. The Morgan fingerprint density at radius 3 is 2.48 bits per heavy atom. The molecule has 0 aliphatic rings. The van der Waals surface area contributed by atoms with Crippen molar-refractivity contribution in [2.24, 2.45) is 11.0 Å². The zero-order valence-corrected chi connectivity index (χ0v) is 15.0. The van der Waals surface area contributed by atoms with Crippen LogP contribution in [0, 0.1) is 5.92 Å². The smallest absolute Gasteiger partial charge is 0.258 e. The van der Waals surface area contributed by atoms with Gasteiger partial charge in [0.1, 0.15) is 11.8 Å². The van der Waals surface area contributed by atoms with Crippen LogP contribution >= 0.6 is 0 Å². The highest BCUT2D eigenvalue weighted by atomic mass is 16.5. The number of carbonyl (C=O) groups excluding carboxylic acids is 2. The van der Waals surface area contributed by atoms with E-state index in [0.717, 1.165) is 0 Å². The molecule has 0 radical (unpaired) electrons. The third-order valence-corrected chi connectivity index (χ3v) is 3.17. The van der Waals surface area contributed by atoms with Gasteiger partial charge in [0.15, 0.2) is 6.61 Å². The Balaban J connectivity index is 2.68. The van der Waals surface area contributed by atoms with Gasteiger partial charge in [0.25, 0.3) is 5.91 Å². The molecule has 0 aromatic heterocycles. The number of nitrogens with one attached hydrogen (secondary N) is 2. The minimum atomic E-state index is -0.620. The van der Waals surface area contributed by atoms with Gasteiger partial charge in [-0.1, -0.05) is 31.1 Å². The minimum absolute atomic E-state index is 0.00830. The van der Waals surface area contributed by atoms with E-state index < -0.39 is 11.9 Å². The van der Waals surface area contributed by atoms with Gasteiger partial charge >= 0.3 is 0 Å². The molecule has 136 valence electrons. The molecule has 0 saturated heterocycles. The lowest BCUT2D eigenvalue weighted by atomic mass is 10.0. The summed E-state index contributed by atoms with van der Waals surface area (Å²) in [4.78, 5) is 27.1. The van der Waals surface area contributed by atoms with Crippen LogP contribution in [0.2, 0.25) is 0 Å². The Morgan fingerprint density at radius 2 is 1.88 bits per heavy atom. The fraction of sp³-hybridized carbons (Fsp3) is 0.529. The second-order valence-corrected chi connectivity index (χ2v) is 6.36. The summed E-state index contributed by atoms with van der Waals surface area (Å²) in [5.41, 5.74) is 8.84. The number of amides is 2. The van der Waals surface area contributed by atoms with Gasteiger partial charge in [-0.05, 0) is 43.9 Å². The zero-order valence-electron chi connectivity index (χ0n) is 15.0. The van der Waals surface area contributed by atoms with Gasteiger partial charge in [0.05, 0.1) is 5.69 Å². The summed E-state index contributed by atoms with van der Waals surface area (Å²) in [7, 11) is 0. The van der Waals surface area contributed by atoms with E-state index in [-0.39, 0.29) is 24.5 Å². The third-order valence-electron chi connectivity index (χ3n) is 3.17. The van der Waals surface area contributed by atoms with Crippen molar-refractivity contribution < 1.29 is 14.3 Å². The van der Waals surface area contributed by atoms with Crippen LogP contribution in [-0.2, 0) is 9.59 Å². The average molecular weight is 347 g/mol. The van der Waals surface area contributed by atoms with Gasteiger partial charge in [-0.3, -0.25) is 9.59 Å². The summed E-state index contributed by atoms with van der Waals surface area (Å²) in [6, 6.07) is 5.98. The fourth-order valence-electron chi connectivity index (χ4n) is 2.18. The summed E-state index contributed by atoms with van der Waals surface area (Å²) in [5.74, 6) is -0.0795.